The number of carbonyl (C=O) groups is 1. The van der Waals surface area contributed by atoms with Crippen molar-refractivity contribution in [2.75, 3.05) is 25.6 Å². The van der Waals surface area contributed by atoms with E-state index in [1.54, 1.807) is 13.2 Å². The number of rotatable bonds is 8. The van der Waals surface area contributed by atoms with Crippen LogP contribution in [-0.2, 0) is 4.79 Å². The van der Waals surface area contributed by atoms with Crippen molar-refractivity contribution >= 4 is 22.4 Å². The number of carbonyl (C=O) groups excluding carboxylic acids is 1. The second kappa shape index (κ2) is 9.32. The standard InChI is InChI=1S/C24H27NO4/c1-5-28-21-11-12-23(29-6-2)22(15-21)25-24(26)16(3)17-7-8-19-14-20(27-4)10-9-18(19)13-17/h7-16H,5-6H2,1-4H3,(H,25,26)/t16-/m0/s1. The number of amides is 1. The Balaban J connectivity index is 1.83. The van der Waals surface area contributed by atoms with E-state index in [0.717, 1.165) is 22.1 Å². The molecule has 0 saturated carbocycles. The van der Waals surface area contributed by atoms with Gasteiger partial charge in [-0.1, -0.05) is 24.3 Å². The molecule has 3 rings (SSSR count). The fourth-order valence-corrected chi connectivity index (χ4v) is 3.18. The lowest BCUT2D eigenvalue weighted by Crippen LogP contribution is -2.19. The van der Waals surface area contributed by atoms with Crippen LogP contribution in [0, 0.1) is 0 Å². The molecule has 5 heteroatoms. The maximum atomic E-state index is 12.9. The Morgan fingerprint density at radius 2 is 1.59 bits per heavy atom. The Kier molecular flexibility index (Phi) is 6.60. The maximum absolute atomic E-state index is 12.9. The average molecular weight is 393 g/mol. The van der Waals surface area contributed by atoms with Gasteiger partial charge in [-0.3, -0.25) is 4.79 Å². The van der Waals surface area contributed by atoms with Crippen LogP contribution in [-0.4, -0.2) is 26.2 Å². The van der Waals surface area contributed by atoms with E-state index >= 15 is 0 Å². The number of anilines is 1. The summed E-state index contributed by atoms with van der Waals surface area (Å²) in [7, 11) is 1.65. The van der Waals surface area contributed by atoms with Gasteiger partial charge in [0.05, 0.1) is 31.9 Å². The lowest BCUT2D eigenvalue weighted by Gasteiger charge is -2.17. The highest BCUT2D eigenvalue weighted by atomic mass is 16.5. The Morgan fingerprint density at radius 1 is 0.897 bits per heavy atom. The maximum Gasteiger partial charge on any atom is 0.231 e. The smallest absolute Gasteiger partial charge is 0.231 e. The molecule has 29 heavy (non-hydrogen) atoms. The van der Waals surface area contributed by atoms with Gasteiger partial charge in [0.1, 0.15) is 17.2 Å². The molecular formula is C24H27NO4. The molecule has 5 nitrogen and oxygen atoms in total. The molecule has 1 N–H and O–H groups in total. The van der Waals surface area contributed by atoms with E-state index in [0.29, 0.717) is 30.4 Å². The molecular weight excluding hydrogens is 366 g/mol. The summed E-state index contributed by atoms with van der Waals surface area (Å²) in [6.07, 6.45) is 0. The normalized spacial score (nSPS) is 11.7. The lowest BCUT2D eigenvalue weighted by atomic mass is 9.97. The van der Waals surface area contributed by atoms with Gasteiger partial charge >= 0.3 is 0 Å². The van der Waals surface area contributed by atoms with Crippen LogP contribution in [0.25, 0.3) is 10.8 Å². The van der Waals surface area contributed by atoms with Gasteiger partial charge in [0, 0.05) is 6.07 Å². The third-order valence-corrected chi connectivity index (χ3v) is 4.78. The van der Waals surface area contributed by atoms with Crippen molar-refractivity contribution < 1.29 is 19.0 Å². The Hall–Kier alpha value is -3.21. The molecule has 0 unspecified atom stereocenters. The van der Waals surface area contributed by atoms with Crippen LogP contribution in [0.15, 0.2) is 54.6 Å². The summed E-state index contributed by atoms with van der Waals surface area (Å²) < 4.78 is 16.5. The molecule has 0 radical (unpaired) electrons. The van der Waals surface area contributed by atoms with Crippen molar-refractivity contribution in [2.45, 2.75) is 26.7 Å². The zero-order valence-electron chi connectivity index (χ0n) is 17.3. The molecule has 0 bridgehead atoms. The number of hydrogen-bond acceptors (Lipinski definition) is 4. The highest BCUT2D eigenvalue weighted by Gasteiger charge is 2.18. The molecule has 1 amide bonds. The van der Waals surface area contributed by atoms with Gasteiger partial charge in [-0.15, -0.1) is 0 Å². The van der Waals surface area contributed by atoms with Crippen molar-refractivity contribution in [1.82, 2.24) is 0 Å². The molecule has 0 heterocycles. The van der Waals surface area contributed by atoms with Crippen molar-refractivity contribution in [2.24, 2.45) is 0 Å². The summed E-state index contributed by atoms with van der Waals surface area (Å²) in [5.74, 6) is 1.70. The number of hydrogen-bond donors (Lipinski definition) is 1. The number of fused-ring (bicyclic) bond motifs is 1. The Bertz CT molecular complexity index is 999. The fourth-order valence-electron chi connectivity index (χ4n) is 3.18. The minimum absolute atomic E-state index is 0.104. The summed E-state index contributed by atoms with van der Waals surface area (Å²) in [5, 5.41) is 5.13. The van der Waals surface area contributed by atoms with Crippen molar-refractivity contribution in [3.63, 3.8) is 0 Å². The second-order valence-corrected chi connectivity index (χ2v) is 6.71. The summed E-state index contributed by atoms with van der Waals surface area (Å²) in [4.78, 5) is 12.9. The Labute approximate surface area is 171 Å². The molecule has 0 fully saturated rings. The van der Waals surface area contributed by atoms with E-state index in [2.05, 4.69) is 5.32 Å². The summed E-state index contributed by atoms with van der Waals surface area (Å²) >= 11 is 0. The van der Waals surface area contributed by atoms with Crippen LogP contribution in [0.3, 0.4) is 0 Å². The van der Waals surface area contributed by atoms with Gasteiger partial charge in [0.2, 0.25) is 5.91 Å². The van der Waals surface area contributed by atoms with Gasteiger partial charge in [0.15, 0.2) is 0 Å². The third-order valence-electron chi connectivity index (χ3n) is 4.78. The van der Waals surface area contributed by atoms with Gasteiger partial charge in [-0.25, -0.2) is 0 Å². The first-order valence-electron chi connectivity index (χ1n) is 9.84. The van der Waals surface area contributed by atoms with E-state index in [4.69, 9.17) is 14.2 Å². The quantitative estimate of drug-likeness (QED) is 0.558. The number of nitrogens with one attached hydrogen (secondary N) is 1. The molecule has 0 aliphatic carbocycles. The predicted octanol–water partition coefficient (Wildman–Crippen LogP) is 5.39. The highest BCUT2D eigenvalue weighted by Crippen LogP contribution is 2.31. The average Bonchev–Trinajstić information content (AvgIpc) is 2.74. The minimum atomic E-state index is -0.327. The van der Waals surface area contributed by atoms with E-state index in [9.17, 15) is 4.79 Å². The predicted molar refractivity (Wildman–Crippen MR) is 116 cm³/mol. The number of methoxy groups -OCH3 is 1. The van der Waals surface area contributed by atoms with Gasteiger partial charge in [0.25, 0.3) is 0 Å². The molecule has 0 aliphatic rings. The largest absolute Gasteiger partial charge is 0.497 e. The van der Waals surface area contributed by atoms with Crippen LogP contribution in [0.5, 0.6) is 17.2 Å². The van der Waals surface area contributed by atoms with E-state index in [-0.39, 0.29) is 11.8 Å². The topological polar surface area (TPSA) is 56.8 Å². The zero-order chi connectivity index (χ0) is 20.8. The third kappa shape index (κ3) is 4.80. The van der Waals surface area contributed by atoms with E-state index < -0.39 is 0 Å². The first kappa shape index (κ1) is 20.5. The monoisotopic (exact) mass is 393 g/mol. The highest BCUT2D eigenvalue weighted by molar-refractivity contribution is 5.97. The minimum Gasteiger partial charge on any atom is -0.497 e. The van der Waals surface area contributed by atoms with Crippen LogP contribution in [0.1, 0.15) is 32.3 Å². The van der Waals surface area contributed by atoms with Gasteiger partial charge in [-0.2, -0.15) is 0 Å². The van der Waals surface area contributed by atoms with Crippen molar-refractivity contribution in [3.05, 3.63) is 60.2 Å². The lowest BCUT2D eigenvalue weighted by molar-refractivity contribution is -0.117. The second-order valence-electron chi connectivity index (χ2n) is 6.71. The molecule has 3 aromatic rings. The summed E-state index contributed by atoms with van der Waals surface area (Å²) in [5.41, 5.74) is 1.55. The van der Waals surface area contributed by atoms with Gasteiger partial charge in [-0.05, 0) is 61.4 Å². The molecule has 0 aromatic heterocycles. The molecule has 3 aromatic carbocycles. The Morgan fingerprint density at radius 3 is 2.31 bits per heavy atom. The van der Waals surface area contributed by atoms with Crippen molar-refractivity contribution in [3.8, 4) is 17.2 Å². The SMILES string of the molecule is CCOc1ccc(OCC)c(NC(=O)[C@@H](C)c2ccc3cc(OC)ccc3c2)c1. The summed E-state index contributed by atoms with van der Waals surface area (Å²) in [6.45, 7) is 6.80. The summed E-state index contributed by atoms with van der Waals surface area (Å²) in [6, 6.07) is 17.4. The number of ether oxygens (including phenoxy) is 3. The van der Waals surface area contributed by atoms with Crippen LogP contribution >= 0.6 is 0 Å². The fraction of sp³-hybridized carbons (Fsp3) is 0.292. The first-order valence-corrected chi connectivity index (χ1v) is 9.84. The van der Waals surface area contributed by atoms with Gasteiger partial charge < -0.3 is 19.5 Å². The molecule has 1 atom stereocenters. The molecule has 0 spiro atoms. The van der Waals surface area contributed by atoms with E-state index in [1.807, 2.05) is 69.3 Å². The van der Waals surface area contributed by atoms with Crippen LogP contribution in [0.4, 0.5) is 5.69 Å². The van der Waals surface area contributed by atoms with Crippen LogP contribution < -0.4 is 19.5 Å². The first-order chi connectivity index (χ1) is 14.0. The zero-order valence-corrected chi connectivity index (χ0v) is 17.3. The van der Waals surface area contributed by atoms with Crippen LogP contribution in [0.2, 0.25) is 0 Å². The van der Waals surface area contributed by atoms with E-state index in [1.165, 1.54) is 0 Å². The molecule has 152 valence electrons. The molecule has 0 saturated heterocycles. The molecule has 0 aliphatic heterocycles. The number of benzene rings is 3. The van der Waals surface area contributed by atoms with Crippen molar-refractivity contribution in [1.29, 1.82) is 0 Å².